The second kappa shape index (κ2) is 12.9. The highest BCUT2D eigenvalue weighted by atomic mass is 16.5. The first kappa shape index (κ1) is 28.2. The molecule has 2 fully saturated rings. The molecule has 2 aliphatic rings. The van der Waals surface area contributed by atoms with Crippen molar-refractivity contribution in [3.05, 3.63) is 102 Å². The highest BCUT2D eigenvalue weighted by Gasteiger charge is 2.51. The maximum absolute atomic E-state index is 13.9. The predicted octanol–water partition coefficient (Wildman–Crippen LogP) is 3.66. The lowest BCUT2D eigenvalue weighted by Crippen LogP contribution is -2.76. The number of nitrogens with one attached hydrogen (secondary N) is 1. The zero-order valence-corrected chi connectivity index (χ0v) is 23.6. The number of benzene rings is 3. The minimum absolute atomic E-state index is 0.0285. The summed E-state index contributed by atoms with van der Waals surface area (Å²) in [5, 5.41) is 6.44. The Morgan fingerprint density at radius 3 is 2.17 bits per heavy atom. The second-order valence-electron chi connectivity index (χ2n) is 10.3. The Hall–Kier alpha value is -4.37. The number of urea groups is 1. The first-order valence-electron chi connectivity index (χ1n) is 14.2. The van der Waals surface area contributed by atoms with E-state index in [2.05, 4.69) is 5.32 Å². The molecule has 0 bridgehead atoms. The second-order valence-corrected chi connectivity index (χ2v) is 10.3. The fourth-order valence-corrected chi connectivity index (χ4v) is 5.58. The molecule has 0 aromatic heterocycles. The molecule has 2 heterocycles. The Bertz CT molecular complexity index is 1340. The molecule has 0 saturated carbocycles. The van der Waals surface area contributed by atoms with Crippen LogP contribution in [0.2, 0.25) is 0 Å². The maximum Gasteiger partial charge on any atom is 0.334 e. The topological polar surface area (TPSA) is 85.4 Å². The fraction of sp³-hybridized carbons (Fsp3) is 0.344. The zero-order chi connectivity index (χ0) is 28.8. The van der Waals surface area contributed by atoms with Crippen LogP contribution in [0.1, 0.15) is 30.5 Å². The maximum atomic E-state index is 13.9. The summed E-state index contributed by atoms with van der Waals surface area (Å²) in [6.07, 6.45) is -0.257. The van der Waals surface area contributed by atoms with Crippen molar-refractivity contribution < 1.29 is 19.1 Å². The molecule has 2 aliphatic heterocycles. The van der Waals surface area contributed by atoms with Crippen LogP contribution in [0.3, 0.4) is 0 Å². The van der Waals surface area contributed by atoms with Gasteiger partial charge < -0.3 is 19.9 Å². The molecular weight excluding hydrogens is 518 g/mol. The van der Waals surface area contributed by atoms with E-state index in [4.69, 9.17) is 4.74 Å². The van der Waals surface area contributed by atoms with E-state index in [0.717, 1.165) is 22.4 Å². The molecule has 1 N–H and O–H groups in total. The fourth-order valence-electron chi connectivity index (χ4n) is 5.58. The first-order valence-corrected chi connectivity index (χ1v) is 14.2. The Morgan fingerprint density at radius 2 is 1.54 bits per heavy atom. The van der Waals surface area contributed by atoms with Crippen molar-refractivity contribution in [1.82, 2.24) is 25.1 Å². The molecule has 3 aromatic rings. The van der Waals surface area contributed by atoms with Gasteiger partial charge in [-0.3, -0.25) is 9.59 Å². The van der Waals surface area contributed by atoms with Gasteiger partial charge in [-0.1, -0.05) is 79.7 Å². The molecule has 2 atom stereocenters. The lowest BCUT2D eigenvalue weighted by Gasteiger charge is -2.55. The molecule has 5 rings (SSSR count). The smallest absolute Gasteiger partial charge is 0.334 e. The Balaban J connectivity index is 1.42. The summed E-state index contributed by atoms with van der Waals surface area (Å²) in [6, 6.07) is 26.1. The predicted molar refractivity (Wildman–Crippen MR) is 155 cm³/mol. The number of amides is 4. The average molecular weight is 556 g/mol. The number of carbonyl (C=O) groups is 3. The van der Waals surface area contributed by atoms with Gasteiger partial charge in [0.1, 0.15) is 18.0 Å². The molecule has 0 aliphatic carbocycles. The monoisotopic (exact) mass is 555 g/mol. The van der Waals surface area contributed by atoms with Gasteiger partial charge in [-0.15, -0.1) is 0 Å². The van der Waals surface area contributed by atoms with Crippen LogP contribution < -0.4 is 10.1 Å². The number of piperazine rings is 1. The van der Waals surface area contributed by atoms with E-state index in [0.29, 0.717) is 32.7 Å². The number of hydrogen-bond acceptors (Lipinski definition) is 5. The third-order valence-corrected chi connectivity index (χ3v) is 7.57. The summed E-state index contributed by atoms with van der Waals surface area (Å²) >= 11 is 0. The molecule has 3 aromatic carbocycles. The summed E-state index contributed by atoms with van der Waals surface area (Å²) in [7, 11) is 0. The van der Waals surface area contributed by atoms with Crippen molar-refractivity contribution in [1.29, 1.82) is 0 Å². The lowest BCUT2D eigenvalue weighted by atomic mass is 9.98. The van der Waals surface area contributed by atoms with Gasteiger partial charge in [0.25, 0.3) is 0 Å². The van der Waals surface area contributed by atoms with Gasteiger partial charge in [-0.2, -0.15) is 0 Å². The quantitative estimate of drug-likeness (QED) is 0.436. The van der Waals surface area contributed by atoms with Crippen molar-refractivity contribution in [2.24, 2.45) is 0 Å². The van der Waals surface area contributed by atoms with Gasteiger partial charge in [0.15, 0.2) is 0 Å². The van der Waals surface area contributed by atoms with E-state index < -0.39 is 12.2 Å². The van der Waals surface area contributed by atoms with Gasteiger partial charge in [0.2, 0.25) is 11.8 Å². The van der Waals surface area contributed by atoms with Crippen LogP contribution in [0, 0.1) is 0 Å². The van der Waals surface area contributed by atoms with Gasteiger partial charge in [-0.05, 0) is 35.7 Å². The summed E-state index contributed by atoms with van der Waals surface area (Å²) in [6.45, 7) is 5.89. The minimum Gasteiger partial charge on any atom is -0.494 e. The van der Waals surface area contributed by atoms with Crippen LogP contribution in [0.5, 0.6) is 5.75 Å². The summed E-state index contributed by atoms with van der Waals surface area (Å²) < 4.78 is 5.52. The van der Waals surface area contributed by atoms with Crippen LogP contribution in [0.15, 0.2) is 84.9 Å². The van der Waals surface area contributed by atoms with Crippen molar-refractivity contribution in [2.45, 2.75) is 45.6 Å². The number of carbonyl (C=O) groups excluding carboxylic acids is 3. The Kier molecular flexibility index (Phi) is 8.84. The molecule has 0 spiro atoms. The standard InChI is InChI=1S/C32H37N5O4/c1-3-35-23-30(38)36-28(19-24-11-7-5-8-12-24)31(39)34(21-26-13-9-6-10-14-26)22-29(36)37(35)32(40)33-20-25-15-17-27(18-16-25)41-4-2/h5-18,28-29H,3-4,19-23H2,1-2H3,(H,33,40)/t28-,29-/m0/s1. The van der Waals surface area contributed by atoms with E-state index in [-0.39, 0.29) is 30.9 Å². The van der Waals surface area contributed by atoms with Crippen molar-refractivity contribution >= 4 is 17.8 Å². The van der Waals surface area contributed by atoms with E-state index in [1.54, 1.807) is 19.8 Å². The van der Waals surface area contributed by atoms with Gasteiger partial charge in [0, 0.05) is 26.1 Å². The van der Waals surface area contributed by atoms with Gasteiger partial charge in [-0.25, -0.2) is 14.8 Å². The minimum atomic E-state index is -0.715. The van der Waals surface area contributed by atoms with Gasteiger partial charge in [0.05, 0.1) is 19.7 Å². The number of hydrazine groups is 1. The molecule has 9 nitrogen and oxygen atoms in total. The normalized spacial score (nSPS) is 19.2. The summed E-state index contributed by atoms with van der Waals surface area (Å²) in [5.41, 5.74) is 2.89. The number of fused-ring (bicyclic) bond motifs is 1. The van der Waals surface area contributed by atoms with Crippen LogP contribution in [-0.2, 0) is 29.1 Å². The van der Waals surface area contributed by atoms with Crippen molar-refractivity contribution in [3.63, 3.8) is 0 Å². The number of likely N-dealkylation sites (N-methyl/N-ethyl adjacent to an activating group) is 1. The van der Waals surface area contributed by atoms with Crippen LogP contribution in [-0.4, -0.2) is 76.1 Å². The highest BCUT2D eigenvalue weighted by Crippen LogP contribution is 2.29. The third-order valence-electron chi connectivity index (χ3n) is 7.57. The SMILES string of the molecule is CCOc1ccc(CNC(=O)N2[C@H]3CN(Cc4ccccc4)C(=O)[C@H](Cc4ccccc4)N3C(=O)CN2CC)cc1. The molecular formula is C32H37N5O4. The van der Waals surface area contributed by atoms with Gasteiger partial charge >= 0.3 is 6.03 Å². The number of ether oxygens (including phenoxy) is 1. The highest BCUT2D eigenvalue weighted by molar-refractivity contribution is 5.91. The number of nitrogens with zero attached hydrogens (tertiary/aromatic N) is 4. The molecule has 9 heteroatoms. The Labute approximate surface area is 241 Å². The van der Waals surface area contributed by atoms with E-state index in [1.165, 1.54) is 0 Å². The van der Waals surface area contributed by atoms with Crippen LogP contribution >= 0.6 is 0 Å². The van der Waals surface area contributed by atoms with Crippen LogP contribution in [0.4, 0.5) is 4.79 Å². The molecule has 41 heavy (non-hydrogen) atoms. The molecule has 4 amide bonds. The first-order chi connectivity index (χ1) is 20.0. The van der Waals surface area contributed by atoms with E-state index in [9.17, 15) is 14.4 Å². The molecule has 214 valence electrons. The summed E-state index contributed by atoms with van der Waals surface area (Å²) in [5.74, 6) is 0.516. The zero-order valence-electron chi connectivity index (χ0n) is 23.6. The lowest BCUT2D eigenvalue weighted by molar-refractivity contribution is -0.190. The summed E-state index contributed by atoms with van der Waals surface area (Å²) in [4.78, 5) is 44.7. The third kappa shape index (κ3) is 6.36. The van der Waals surface area contributed by atoms with Crippen LogP contribution in [0.25, 0.3) is 0 Å². The van der Waals surface area contributed by atoms with Crippen molar-refractivity contribution in [2.75, 3.05) is 26.2 Å². The average Bonchev–Trinajstić information content (AvgIpc) is 2.99. The Morgan fingerprint density at radius 1 is 0.878 bits per heavy atom. The largest absolute Gasteiger partial charge is 0.494 e. The van der Waals surface area contributed by atoms with E-state index >= 15 is 0 Å². The molecule has 2 saturated heterocycles. The number of hydrogen-bond donors (Lipinski definition) is 1. The molecule has 0 radical (unpaired) electrons. The van der Waals surface area contributed by atoms with E-state index in [1.807, 2.05) is 98.8 Å². The van der Waals surface area contributed by atoms with Crippen molar-refractivity contribution in [3.8, 4) is 5.75 Å². The number of rotatable bonds is 9. The molecule has 0 unspecified atom stereocenters.